The first-order valence-electron chi connectivity index (χ1n) is 12.9. The second-order valence-corrected chi connectivity index (χ2v) is 9.98. The second-order valence-electron chi connectivity index (χ2n) is 9.54. The maximum Gasteiger partial charge on any atom is 0.414 e. The number of carboxylic acid groups (broad SMARTS) is 1. The van der Waals surface area contributed by atoms with Gasteiger partial charge in [0.2, 0.25) is 5.91 Å². The first-order chi connectivity index (χ1) is 19.4. The molecular formula is C27H33ClF3N5O5. The summed E-state index contributed by atoms with van der Waals surface area (Å²) in [6, 6.07) is 9.42. The molecule has 1 aliphatic rings. The predicted octanol–water partition coefficient (Wildman–Crippen LogP) is 4.20. The highest BCUT2D eigenvalue weighted by molar-refractivity contribution is 6.30. The molecule has 0 bridgehead atoms. The van der Waals surface area contributed by atoms with Crippen molar-refractivity contribution in [2.45, 2.75) is 38.4 Å². The minimum atomic E-state index is -4.55. The molecule has 2 aromatic rings. The molecule has 41 heavy (non-hydrogen) atoms. The van der Waals surface area contributed by atoms with Crippen LogP contribution in [0.25, 0.3) is 0 Å². The SMILES string of the molecule is CCC[C@@H](NCN1CC(NOCC(F)(F)F)=NC[C@H](Cc2cc(Cl)ccc2OC)C1=O)c1ccc(C(=O)O)c(N)c1. The Kier molecular flexibility index (Phi) is 11.2. The number of carboxylic acids is 1. The maximum atomic E-state index is 13.7. The first-order valence-corrected chi connectivity index (χ1v) is 13.2. The van der Waals surface area contributed by atoms with Crippen LogP contribution in [-0.2, 0) is 16.1 Å². The summed E-state index contributed by atoms with van der Waals surface area (Å²) in [6.07, 6.45) is -2.91. The fourth-order valence-electron chi connectivity index (χ4n) is 4.48. The number of amidine groups is 1. The Balaban J connectivity index is 1.83. The summed E-state index contributed by atoms with van der Waals surface area (Å²) in [5.74, 6) is -1.49. The number of hydrogen-bond donors (Lipinski definition) is 4. The topological polar surface area (TPSA) is 139 Å². The van der Waals surface area contributed by atoms with E-state index in [9.17, 15) is 27.9 Å². The average Bonchev–Trinajstić information content (AvgIpc) is 3.04. The minimum Gasteiger partial charge on any atom is -0.496 e. The number of nitrogens with zero attached hydrogens (tertiary/aromatic N) is 2. The number of nitrogen functional groups attached to an aromatic ring is 1. The molecule has 2 atom stereocenters. The number of halogens is 4. The number of methoxy groups -OCH3 is 1. The Hall–Kier alpha value is -3.55. The van der Waals surface area contributed by atoms with Gasteiger partial charge in [0.05, 0.1) is 38.3 Å². The molecule has 0 radical (unpaired) electrons. The number of rotatable bonds is 12. The molecule has 1 heterocycles. The van der Waals surface area contributed by atoms with Gasteiger partial charge in [-0.2, -0.15) is 13.2 Å². The van der Waals surface area contributed by atoms with Crippen LogP contribution in [0.3, 0.4) is 0 Å². The Morgan fingerprint density at radius 1 is 1.29 bits per heavy atom. The molecule has 0 saturated heterocycles. The molecule has 5 N–H and O–H groups in total. The number of benzene rings is 2. The van der Waals surface area contributed by atoms with Gasteiger partial charge in [0.25, 0.3) is 0 Å². The Bertz CT molecular complexity index is 1260. The number of carbonyl (C=O) groups excluding carboxylic acids is 1. The lowest BCUT2D eigenvalue weighted by atomic mass is 9.97. The van der Waals surface area contributed by atoms with E-state index in [2.05, 4.69) is 20.6 Å². The van der Waals surface area contributed by atoms with E-state index < -0.39 is 24.7 Å². The number of aliphatic imine (C=N–C) groups is 1. The fraction of sp³-hybridized carbons (Fsp3) is 0.444. The van der Waals surface area contributed by atoms with E-state index in [1.807, 2.05) is 6.92 Å². The number of nitrogens with one attached hydrogen (secondary N) is 2. The van der Waals surface area contributed by atoms with Crippen molar-refractivity contribution >= 4 is 35.0 Å². The lowest BCUT2D eigenvalue weighted by Crippen LogP contribution is -2.47. The van der Waals surface area contributed by atoms with Crippen molar-refractivity contribution in [3.63, 3.8) is 0 Å². The van der Waals surface area contributed by atoms with Crippen LogP contribution in [-0.4, -0.2) is 67.4 Å². The predicted molar refractivity (Wildman–Crippen MR) is 148 cm³/mol. The third kappa shape index (κ3) is 9.23. The number of aromatic carboxylic acids is 1. The molecule has 1 aliphatic heterocycles. The Morgan fingerprint density at radius 2 is 2.05 bits per heavy atom. The summed E-state index contributed by atoms with van der Waals surface area (Å²) in [5.41, 5.74) is 9.70. The van der Waals surface area contributed by atoms with Gasteiger partial charge in [-0.1, -0.05) is 31.0 Å². The quantitative estimate of drug-likeness (QED) is 0.210. The van der Waals surface area contributed by atoms with Gasteiger partial charge in [0.15, 0.2) is 6.61 Å². The summed E-state index contributed by atoms with van der Waals surface area (Å²) in [5, 5.41) is 13.1. The van der Waals surface area contributed by atoms with Crippen LogP contribution in [0.5, 0.6) is 5.75 Å². The second kappa shape index (κ2) is 14.4. The van der Waals surface area contributed by atoms with Crippen LogP contribution in [0.1, 0.15) is 47.3 Å². The monoisotopic (exact) mass is 599 g/mol. The zero-order chi connectivity index (χ0) is 30.2. The first kappa shape index (κ1) is 32.0. The number of amides is 1. The van der Waals surface area contributed by atoms with Crippen LogP contribution in [0, 0.1) is 5.92 Å². The summed E-state index contributed by atoms with van der Waals surface area (Å²) in [4.78, 5) is 35.4. The lowest BCUT2D eigenvalue weighted by Gasteiger charge is -2.28. The summed E-state index contributed by atoms with van der Waals surface area (Å²) >= 11 is 6.17. The fourth-order valence-corrected chi connectivity index (χ4v) is 4.67. The van der Waals surface area contributed by atoms with Crippen molar-refractivity contribution in [1.29, 1.82) is 0 Å². The number of alkyl halides is 3. The molecule has 2 aromatic carbocycles. The van der Waals surface area contributed by atoms with Gasteiger partial charge in [0, 0.05) is 16.8 Å². The van der Waals surface area contributed by atoms with Crippen molar-refractivity contribution in [2.75, 3.05) is 39.2 Å². The summed E-state index contributed by atoms with van der Waals surface area (Å²) in [6.45, 7) is 0.322. The molecule has 0 fully saturated rings. The standard InChI is InChI=1S/C27H33ClF3N5O5/c1-3-4-22(16-5-7-20(26(38)39)21(32)11-16)34-15-36-13-24(35-41-14-27(29,30)31)33-12-18(25(36)37)9-17-10-19(28)6-8-23(17)40-2/h5-8,10-11,18,22,34H,3-4,9,12-15,32H2,1-2H3,(H,33,35)(H,38,39)/t18-,22+/m0/s1. The number of carbonyl (C=O) groups is 2. The van der Waals surface area contributed by atoms with Crippen molar-refractivity contribution in [2.24, 2.45) is 10.9 Å². The van der Waals surface area contributed by atoms with Crippen molar-refractivity contribution in [3.8, 4) is 5.75 Å². The van der Waals surface area contributed by atoms with E-state index in [4.69, 9.17) is 22.1 Å². The number of nitrogens with two attached hydrogens (primary N) is 1. The zero-order valence-electron chi connectivity index (χ0n) is 22.6. The molecule has 0 spiro atoms. The molecule has 0 unspecified atom stereocenters. The van der Waals surface area contributed by atoms with E-state index in [-0.39, 0.29) is 55.2 Å². The van der Waals surface area contributed by atoms with E-state index in [0.717, 1.165) is 12.0 Å². The Labute approximate surface area is 240 Å². The number of hydroxylamine groups is 1. The number of anilines is 1. The highest BCUT2D eigenvalue weighted by atomic mass is 35.5. The van der Waals surface area contributed by atoms with Crippen LogP contribution in [0.15, 0.2) is 41.4 Å². The molecule has 1 amide bonds. The van der Waals surface area contributed by atoms with Crippen LogP contribution < -0.4 is 21.3 Å². The van der Waals surface area contributed by atoms with Crippen molar-refractivity contribution in [3.05, 3.63) is 58.1 Å². The molecule has 224 valence electrons. The maximum absolute atomic E-state index is 13.7. The van der Waals surface area contributed by atoms with Gasteiger partial charge < -0.3 is 20.5 Å². The molecule has 0 aromatic heterocycles. The number of ether oxygens (including phenoxy) is 1. The molecule has 0 saturated carbocycles. The lowest BCUT2D eigenvalue weighted by molar-refractivity contribution is -0.182. The van der Waals surface area contributed by atoms with Crippen molar-refractivity contribution in [1.82, 2.24) is 15.7 Å². The largest absolute Gasteiger partial charge is 0.496 e. The third-order valence-corrected chi connectivity index (χ3v) is 6.69. The minimum absolute atomic E-state index is 0.00567. The van der Waals surface area contributed by atoms with E-state index in [0.29, 0.717) is 22.8 Å². The molecule has 10 nitrogen and oxygen atoms in total. The van der Waals surface area contributed by atoms with Crippen molar-refractivity contribution < 1.29 is 37.4 Å². The van der Waals surface area contributed by atoms with Gasteiger partial charge in [-0.25, -0.2) is 4.79 Å². The van der Waals surface area contributed by atoms with Crippen LogP contribution in [0.2, 0.25) is 5.02 Å². The normalized spacial score (nSPS) is 16.6. The third-order valence-electron chi connectivity index (χ3n) is 6.45. The molecular weight excluding hydrogens is 567 g/mol. The van der Waals surface area contributed by atoms with Gasteiger partial charge in [-0.3, -0.25) is 25.4 Å². The van der Waals surface area contributed by atoms with E-state index in [1.165, 1.54) is 18.1 Å². The van der Waals surface area contributed by atoms with Gasteiger partial charge in [0.1, 0.15) is 11.6 Å². The highest BCUT2D eigenvalue weighted by Crippen LogP contribution is 2.27. The highest BCUT2D eigenvalue weighted by Gasteiger charge is 2.32. The zero-order valence-corrected chi connectivity index (χ0v) is 23.4. The van der Waals surface area contributed by atoms with Crippen LogP contribution >= 0.6 is 11.6 Å². The molecule has 0 aliphatic carbocycles. The molecule has 14 heteroatoms. The molecule has 3 rings (SSSR count). The van der Waals surface area contributed by atoms with Crippen LogP contribution in [0.4, 0.5) is 18.9 Å². The van der Waals surface area contributed by atoms with Gasteiger partial charge in [-0.15, -0.1) is 0 Å². The average molecular weight is 600 g/mol. The van der Waals surface area contributed by atoms with E-state index in [1.54, 1.807) is 30.3 Å². The summed E-state index contributed by atoms with van der Waals surface area (Å²) < 4.78 is 43.3. The Morgan fingerprint density at radius 3 is 2.68 bits per heavy atom. The van der Waals surface area contributed by atoms with Gasteiger partial charge in [-0.05, 0) is 54.3 Å². The number of hydrogen-bond acceptors (Lipinski definition) is 8. The smallest absolute Gasteiger partial charge is 0.414 e. The summed E-state index contributed by atoms with van der Waals surface area (Å²) in [7, 11) is 1.50. The van der Waals surface area contributed by atoms with Gasteiger partial charge >= 0.3 is 12.1 Å². The van der Waals surface area contributed by atoms with E-state index >= 15 is 0 Å².